The van der Waals surface area contributed by atoms with Gasteiger partial charge in [-0.3, -0.25) is 0 Å². The van der Waals surface area contributed by atoms with Crippen LogP contribution in [-0.2, 0) is 0 Å². The summed E-state index contributed by atoms with van der Waals surface area (Å²) in [5.41, 5.74) is 0. The fourth-order valence-corrected chi connectivity index (χ4v) is 2.33. The van der Waals surface area contributed by atoms with Gasteiger partial charge in [0, 0.05) is 0 Å². The lowest BCUT2D eigenvalue weighted by molar-refractivity contribution is 0.375. The Kier molecular flexibility index (Phi) is 11.6. The summed E-state index contributed by atoms with van der Waals surface area (Å²) in [4.78, 5) is 0. The lowest BCUT2D eigenvalue weighted by Gasteiger charge is -2.17. The molecule has 2 atom stereocenters. The van der Waals surface area contributed by atoms with Crippen molar-refractivity contribution in [3.8, 4) is 0 Å². The SMILES string of the molecule is CCCCCC(CC=CC(C)C)CCC(C)CC. The Morgan fingerprint density at radius 2 is 1.61 bits per heavy atom. The maximum atomic E-state index is 2.43. The highest BCUT2D eigenvalue weighted by Crippen LogP contribution is 2.23. The first-order valence-corrected chi connectivity index (χ1v) is 8.26. The molecule has 108 valence electrons. The van der Waals surface area contributed by atoms with Gasteiger partial charge in [0.1, 0.15) is 0 Å². The van der Waals surface area contributed by atoms with Gasteiger partial charge < -0.3 is 0 Å². The van der Waals surface area contributed by atoms with Crippen molar-refractivity contribution in [2.75, 3.05) is 0 Å². The van der Waals surface area contributed by atoms with E-state index in [1.165, 1.54) is 51.4 Å². The molecule has 0 N–H and O–H groups in total. The third-order valence-electron chi connectivity index (χ3n) is 3.97. The fourth-order valence-electron chi connectivity index (χ4n) is 2.33. The Morgan fingerprint density at radius 3 is 2.17 bits per heavy atom. The number of unbranched alkanes of at least 4 members (excludes halogenated alkanes) is 2. The molecule has 0 heterocycles. The molecule has 18 heavy (non-hydrogen) atoms. The first-order chi connectivity index (χ1) is 8.60. The van der Waals surface area contributed by atoms with E-state index in [0.29, 0.717) is 5.92 Å². The largest absolute Gasteiger partial charge is 0.0880 e. The molecule has 0 amide bonds. The van der Waals surface area contributed by atoms with Crippen molar-refractivity contribution >= 4 is 0 Å². The zero-order valence-corrected chi connectivity index (χ0v) is 13.5. The molecule has 0 aliphatic carbocycles. The molecule has 2 unspecified atom stereocenters. The number of hydrogen-bond acceptors (Lipinski definition) is 0. The summed E-state index contributed by atoms with van der Waals surface area (Å²) in [5, 5.41) is 0. The van der Waals surface area contributed by atoms with Crippen molar-refractivity contribution in [1.29, 1.82) is 0 Å². The molecular weight excluding hydrogens is 216 g/mol. The van der Waals surface area contributed by atoms with E-state index < -0.39 is 0 Å². The van der Waals surface area contributed by atoms with E-state index in [0.717, 1.165) is 11.8 Å². The molecule has 0 aromatic heterocycles. The summed E-state index contributed by atoms with van der Waals surface area (Å²) < 4.78 is 0. The van der Waals surface area contributed by atoms with Gasteiger partial charge in [-0.2, -0.15) is 0 Å². The average Bonchev–Trinajstić information content (AvgIpc) is 2.34. The summed E-state index contributed by atoms with van der Waals surface area (Å²) >= 11 is 0. The van der Waals surface area contributed by atoms with Crippen LogP contribution in [0, 0.1) is 17.8 Å². The van der Waals surface area contributed by atoms with Crippen molar-refractivity contribution in [1.82, 2.24) is 0 Å². The Hall–Kier alpha value is -0.260. The third-order valence-corrected chi connectivity index (χ3v) is 3.97. The van der Waals surface area contributed by atoms with Gasteiger partial charge >= 0.3 is 0 Å². The minimum absolute atomic E-state index is 0.704. The zero-order chi connectivity index (χ0) is 13.8. The van der Waals surface area contributed by atoms with Gasteiger partial charge in [0.25, 0.3) is 0 Å². The van der Waals surface area contributed by atoms with E-state index in [9.17, 15) is 0 Å². The smallest absolute Gasteiger partial charge is 0.0290 e. The van der Waals surface area contributed by atoms with E-state index in [1.807, 2.05) is 0 Å². The second-order valence-electron chi connectivity index (χ2n) is 6.36. The Balaban J connectivity index is 3.98. The molecule has 0 radical (unpaired) electrons. The quantitative estimate of drug-likeness (QED) is 0.286. The van der Waals surface area contributed by atoms with Crippen LogP contribution in [0.2, 0.25) is 0 Å². The molecule has 0 heteroatoms. The minimum atomic E-state index is 0.704. The second-order valence-corrected chi connectivity index (χ2v) is 6.36. The molecule has 0 aliphatic heterocycles. The number of allylic oxidation sites excluding steroid dienone is 2. The Morgan fingerprint density at radius 1 is 0.889 bits per heavy atom. The van der Waals surface area contributed by atoms with Crippen LogP contribution in [0.4, 0.5) is 0 Å². The summed E-state index contributed by atoms with van der Waals surface area (Å²) in [7, 11) is 0. The van der Waals surface area contributed by atoms with E-state index in [-0.39, 0.29) is 0 Å². The normalized spacial score (nSPS) is 15.4. The van der Waals surface area contributed by atoms with Gasteiger partial charge in [-0.25, -0.2) is 0 Å². The predicted molar refractivity (Wildman–Crippen MR) is 84.9 cm³/mol. The van der Waals surface area contributed by atoms with Gasteiger partial charge in [-0.15, -0.1) is 0 Å². The van der Waals surface area contributed by atoms with Crippen LogP contribution in [0.1, 0.15) is 86.0 Å². The Bertz CT molecular complexity index is 190. The van der Waals surface area contributed by atoms with Crippen molar-refractivity contribution in [3.05, 3.63) is 12.2 Å². The molecule has 0 saturated carbocycles. The predicted octanol–water partition coefficient (Wildman–Crippen LogP) is 6.61. The second kappa shape index (κ2) is 11.8. The zero-order valence-electron chi connectivity index (χ0n) is 13.5. The molecule has 0 bridgehead atoms. The van der Waals surface area contributed by atoms with E-state index in [4.69, 9.17) is 0 Å². The number of hydrogen-bond donors (Lipinski definition) is 0. The molecule has 0 aromatic carbocycles. The highest BCUT2D eigenvalue weighted by Gasteiger charge is 2.09. The molecule has 0 rings (SSSR count). The average molecular weight is 252 g/mol. The van der Waals surface area contributed by atoms with Gasteiger partial charge in [-0.1, -0.05) is 85.3 Å². The summed E-state index contributed by atoms with van der Waals surface area (Å²) in [6.45, 7) is 11.5. The molecule has 0 spiro atoms. The first kappa shape index (κ1) is 17.7. The molecule has 0 saturated heterocycles. The van der Waals surface area contributed by atoms with Gasteiger partial charge in [0.2, 0.25) is 0 Å². The minimum Gasteiger partial charge on any atom is -0.0880 e. The lowest BCUT2D eigenvalue weighted by atomic mass is 9.89. The van der Waals surface area contributed by atoms with E-state index in [2.05, 4.69) is 46.8 Å². The molecule has 0 fully saturated rings. The molecule has 0 aliphatic rings. The standard InChI is InChI=1S/C18H36/c1-6-8-9-12-18(13-10-11-16(3)4)15-14-17(5)7-2/h10-11,16-18H,6-9,12-15H2,1-5H3. The van der Waals surface area contributed by atoms with E-state index >= 15 is 0 Å². The summed E-state index contributed by atoms with van der Waals surface area (Å²) in [6.07, 6.45) is 15.9. The van der Waals surface area contributed by atoms with Crippen LogP contribution in [0.25, 0.3) is 0 Å². The third kappa shape index (κ3) is 10.9. The Labute approximate surface area is 116 Å². The van der Waals surface area contributed by atoms with Crippen molar-refractivity contribution in [2.24, 2.45) is 17.8 Å². The first-order valence-electron chi connectivity index (χ1n) is 8.26. The van der Waals surface area contributed by atoms with Crippen molar-refractivity contribution in [3.63, 3.8) is 0 Å². The van der Waals surface area contributed by atoms with Gasteiger partial charge in [0.05, 0.1) is 0 Å². The van der Waals surface area contributed by atoms with Crippen LogP contribution in [-0.4, -0.2) is 0 Å². The fraction of sp³-hybridized carbons (Fsp3) is 0.889. The molecule has 0 aromatic rings. The summed E-state index contributed by atoms with van der Waals surface area (Å²) in [5.74, 6) is 2.55. The van der Waals surface area contributed by atoms with Gasteiger partial charge in [0.15, 0.2) is 0 Å². The highest BCUT2D eigenvalue weighted by molar-refractivity contribution is 4.86. The van der Waals surface area contributed by atoms with Gasteiger partial charge in [-0.05, 0) is 30.6 Å². The lowest BCUT2D eigenvalue weighted by Crippen LogP contribution is -2.03. The highest BCUT2D eigenvalue weighted by atomic mass is 14.1. The monoisotopic (exact) mass is 252 g/mol. The summed E-state index contributed by atoms with van der Waals surface area (Å²) in [6, 6.07) is 0. The van der Waals surface area contributed by atoms with Crippen LogP contribution < -0.4 is 0 Å². The van der Waals surface area contributed by atoms with Crippen LogP contribution in [0.15, 0.2) is 12.2 Å². The van der Waals surface area contributed by atoms with Crippen molar-refractivity contribution < 1.29 is 0 Å². The topological polar surface area (TPSA) is 0 Å². The number of rotatable bonds is 11. The van der Waals surface area contributed by atoms with Crippen molar-refractivity contribution in [2.45, 2.75) is 86.0 Å². The van der Waals surface area contributed by atoms with Crippen LogP contribution in [0.3, 0.4) is 0 Å². The van der Waals surface area contributed by atoms with Crippen LogP contribution >= 0.6 is 0 Å². The maximum absolute atomic E-state index is 2.43. The van der Waals surface area contributed by atoms with E-state index in [1.54, 1.807) is 0 Å². The van der Waals surface area contributed by atoms with Crippen LogP contribution in [0.5, 0.6) is 0 Å². The maximum Gasteiger partial charge on any atom is -0.0290 e. The molecule has 0 nitrogen and oxygen atoms in total. The molecular formula is C18H36.